The smallest absolute Gasteiger partial charge is 0.119 e. The Hall–Kier alpha value is -1.50. The third-order valence-electron chi connectivity index (χ3n) is 3.88. The van der Waals surface area contributed by atoms with Crippen LogP contribution in [0.15, 0.2) is 24.3 Å². The molecule has 3 nitrogen and oxygen atoms in total. The second-order valence-electron chi connectivity index (χ2n) is 5.31. The monoisotopic (exact) mass is 272 g/mol. The molecule has 0 unspecified atom stereocenters. The van der Waals surface area contributed by atoms with Crippen LogP contribution in [0.4, 0.5) is 0 Å². The van der Waals surface area contributed by atoms with E-state index in [1.54, 1.807) is 7.11 Å². The topological polar surface area (TPSA) is 24.5 Å². The molecule has 1 saturated heterocycles. The van der Waals surface area contributed by atoms with Crippen molar-refractivity contribution in [1.82, 2.24) is 10.2 Å². The molecule has 0 bridgehead atoms. The molecular weight excluding hydrogens is 248 g/mol. The number of hydrogen-bond donors (Lipinski definition) is 1. The van der Waals surface area contributed by atoms with Gasteiger partial charge < -0.3 is 10.1 Å². The van der Waals surface area contributed by atoms with Crippen molar-refractivity contribution >= 4 is 0 Å². The molecule has 1 fully saturated rings. The average Bonchev–Trinajstić information content (AvgIpc) is 2.50. The number of piperidine rings is 1. The van der Waals surface area contributed by atoms with E-state index in [0.29, 0.717) is 6.04 Å². The minimum Gasteiger partial charge on any atom is -0.497 e. The van der Waals surface area contributed by atoms with Crippen molar-refractivity contribution < 1.29 is 4.74 Å². The Kier molecular flexibility index (Phi) is 5.91. The Morgan fingerprint density at radius 2 is 2.20 bits per heavy atom. The van der Waals surface area contributed by atoms with E-state index in [0.717, 1.165) is 38.3 Å². The van der Waals surface area contributed by atoms with Gasteiger partial charge in [-0.1, -0.05) is 18.1 Å². The summed E-state index contributed by atoms with van der Waals surface area (Å²) in [5.74, 6) is 3.66. The summed E-state index contributed by atoms with van der Waals surface area (Å²) in [6, 6.07) is 8.93. The standard InChI is InChI=1S/C17H24N2O/c1-3-11-19-12-8-16(9-13-19)18-10-7-15-5-4-6-17(14-15)20-2/h1,4-6,14,16,18H,7-13H2,2H3. The van der Waals surface area contributed by atoms with Crippen LogP contribution in [0.5, 0.6) is 5.75 Å². The first-order valence-corrected chi connectivity index (χ1v) is 7.34. The number of terminal acetylenes is 1. The van der Waals surface area contributed by atoms with Crippen LogP contribution in [0.2, 0.25) is 0 Å². The van der Waals surface area contributed by atoms with Gasteiger partial charge in [-0.25, -0.2) is 0 Å². The third kappa shape index (κ3) is 4.56. The number of nitrogens with zero attached hydrogens (tertiary/aromatic N) is 1. The molecule has 0 spiro atoms. The molecule has 0 amide bonds. The molecule has 1 aromatic rings. The molecule has 0 aromatic heterocycles. The largest absolute Gasteiger partial charge is 0.497 e. The van der Waals surface area contributed by atoms with Crippen molar-refractivity contribution in [3.63, 3.8) is 0 Å². The van der Waals surface area contributed by atoms with E-state index in [9.17, 15) is 0 Å². The maximum Gasteiger partial charge on any atom is 0.119 e. The Bertz CT molecular complexity index is 445. The number of likely N-dealkylation sites (tertiary alicyclic amines) is 1. The highest BCUT2D eigenvalue weighted by Crippen LogP contribution is 2.13. The summed E-state index contributed by atoms with van der Waals surface area (Å²) in [6.07, 6.45) is 8.78. The van der Waals surface area contributed by atoms with Crippen molar-refractivity contribution in [3.05, 3.63) is 29.8 Å². The van der Waals surface area contributed by atoms with E-state index in [4.69, 9.17) is 11.2 Å². The highest BCUT2D eigenvalue weighted by molar-refractivity contribution is 5.28. The Labute approximate surface area is 122 Å². The van der Waals surface area contributed by atoms with Crippen LogP contribution in [0, 0.1) is 12.3 Å². The summed E-state index contributed by atoms with van der Waals surface area (Å²) in [5, 5.41) is 3.65. The van der Waals surface area contributed by atoms with Crippen molar-refractivity contribution in [2.75, 3.05) is 33.3 Å². The van der Waals surface area contributed by atoms with Gasteiger partial charge in [-0.2, -0.15) is 0 Å². The Morgan fingerprint density at radius 1 is 1.40 bits per heavy atom. The summed E-state index contributed by atoms with van der Waals surface area (Å²) >= 11 is 0. The lowest BCUT2D eigenvalue weighted by molar-refractivity contribution is 0.218. The fraction of sp³-hybridized carbons (Fsp3) is 0.529. The fourth-order valence-corrected chi connectivity index (χ4v) is 2.67. The Morgan fingerprint density at radius 3 is 2.90 bits per heavy atom. The fourth-order valence-electron chi connectivity index (χ4n) is 2.67. The van der Waals surface area contributed by atoms with E-state index in [-0.39, 0.29) is 0 Å². The second kappa shape index (κ2) is 7.94. The molecule has 0 saturated carbocycles. The minimum atomic E-state index is 0.634. The number of benzene rings is 1. The lowest BCUT2D eigenvalue weighted by atomic mass is 10.0. The molecular formula is C17H24N2O. The third-order valence-corrected chi connectivity index (χ3v) is 3.88. The molecule has 3 heteroatoms. The highest BCUT2D eigenvalue weighted by Gasteiger charge is 2.17. The van der Waals surface area contributed by atoms with Crippen LogP contribution in [-0.2, 0) is 6.42 Å². The number of nitrogens with one attached hydrogen (secondary N) is 1. The molecule has 1 aromatic carbocycles. The van der Waals surface area contributed by atoms with E-state index in [1.165, 1.54) is 18.4 Å². The summed E-state index contributed by atoms with van der Waals surface area (Å²) in [6.45, 7) is 4.03. The lowest BCUT2D eigenvalue weighted by Gasteiger charge is -2.31. The van der Waals surface area contributed by atoms with E-state index >= 15 is 0 Å². The molecule has 1 heterocycles. The maximum absolute atomic E-state index is 5.34. The first-order chi connectivity index (χ1) is 9.81. The van der Waals surface area contributed by atoms with Gasteiger partial charge >= 0.3 is 0 Å². The summed E-state index contributed by atoms with van der Waals surface area (Å²) in [4.78, 5) is 2.35. The van der Waals surface area contributed by atoms with Crippen LogP contribution in [-0.4, -0.2) is 44.2 Å². The van der Waals surface area contributed by atoms with Crippen molar-refractivity contribution in [3.8, 4) is 18.1 Å². The maximum atomic E-state index is 5.34. The zero-order valence-electron chi connectivity index (χ0n) is 12.3. The summed E-state index contributed by atoms with van der Waals surface area (Å²) in [5.41, 5.74) is 1.32. The minimum absolute atomic E-state index is 0.634. The summed E-state index contributed by atoms with van der Waals surface area (Å²) in [7, 11) is 1.71. The number of hydrogen-bond acceptors (Lipinski definition) is 3. The lowest BCUT2D eigenvalue weighted by Crippen LogP contribution is -2.43. The van der Waals surface area contributed by atoms with Crippen LogP contribution in [0.1, 0.15) is 18.4 Å². The second-order valence-corrected chi connectivity index (χ2v) is 5.31. The molecule has 108 valence electrons. The van der Waals surface area contributed by atoms with Crippen LogP contribution in [0.3, 0.4) is 0 Å². The first kappa shape index (κ1) is 14.9. The summed E-state index contributed by atoms with van der Waals surface area (Å²) < 4.78 is 5.24. The van der Waals surface area contributed by atoms with Gasteiger partial charge in [-0.3, -0.25) is 4.90 Å². The predicted octanol–water partition coefficient (Wildman–Crippen LogP) is 1.92. The first-order valence-electron chi connectivity index (χ1n) is 7.34. The molecule has 0 radical (unpaired) electrons. The van der Waals surface area contributed by atoms with E-state index in [1.807, 2.05) is 12.1 Å². The predicted molar refractivity (Wildman–Crippen MR) is 83.0 cm³/mol. The van der Waals surface area contributed by atoms with Crippen molar-refractivity contribution in [2.24, 2.45) is 0 Å². The molecule has 0 atom stereocenters. The molecule has 1 N–H and O–H groups in total. The van der Waals surface area contributed by atoms with Crippen LogP contribution < -0.4 is 10.1 Å². The van der Waals surface area contributed by atoms with Gasteiger partial charge in [-0.05, 0) is 43.5 Å². The van der Waals surface area contributed by atoms with Gasteiger partial charge in [0.15, 0.2) is 0 Å². The SMILES string of the molecule is C#CCN1CCC(NCCc2cccc(OC)c2)CC1. The average molecular weight is 272 g/mol. The quantitative estimate of drug-likeness (QED) is 0.801. The van der Waals surface area contributed by atoms with Gasteiger partial charge in [0, 0.05) is 19.1 Å². The van der Waals surface area contributed by atoms with Crippen LogP contribution >= 0.6 is 0 Å². The number of rotatable bonds is 6. The van der Waals surface area contributed by atoms with Gasteiger partial charge in [0.05, 0.1) is 13.7 Å². The molecule has 20 heavy (non-hydrogen) atoms. The molecule has 1 aliphatic heterocycles. The Balaban J connectivity index is 1.67. The molecule has 0 aliphatic carbocycles. The van der Waals surface area contributed by atoms with Gasteiger partial charge in [0.1, 0.15) is 5.75 Å². The zero-order chi connectivity index (χ0) is 14.2. The van der Waals surface area contributed by atoms with Crippen LogP contribution in [0.25, 0.3) is 0 Å². The van der Waals surface area contributed by atoms with Crippen molar-refractivity contribution in [2.45, 2.75) is 25.3 Å². The van der Waals surface area contributed by atoms with Gasteiger partial charge in [0.2, 0.25) is 0 Å². The number of methoxy groups -OCH3 is 1. The van der Waals surface area contributed by atoms with E-state index < -0.39 is 0 Å². The normalized spacial score (nSPS) is 16.8. The van der Waals surface area contributed by atoms with Gasteiger partial charge in [-0.15, -0.1) is 6.42 Å². The highest BCUT2D eigenvalue weighted by atomic mass is 16.5. The van der Waals surface area contributed by atoms with Crippen molar-refractivity contribution in [1.29, 1.82) is 0 Å². The molecule has 2 rings (SSSR count). The van der Waals surface area contributed by atoms with Gasteiger partial charge in [0.25, 0.3) is 0 Å². The van der Waals surface area contributed by atoms with E-state index in [2.05, 4.69) is 28.3 Å². The molecule has 1 aliphatic rings. The zero-order valence-corrected chi connectivity index (χ0v) is 12.3. The number of ether oxygens (including phenoxy) is 1.